The van der Waals surface area contributed by atoms with E-state index in [1.807, 2.05) is 43.3 Å². The van der Waals surface area contributed by atoms with Gasteiger partial charge in [-0.3, -0.25) is 4.79 Å². The number of aryl methyl sites for hydroxylation is 2. The zero-order valence-electron chi connectivity index (χ0n) is 14.5. The lowest BCUT2D eigenvalue weighted by Crippen LogP contribution is -2.27. The number of nitrogens with one attached hydrogen (secondary N) is 1. The van der Waals surface area contributed by atoms with E-state index >= 15 is 0 Å². The molecule has 4 rings (SSSR count). The van der Waals surface area contributed by atoms with E-state index < -0.39 is 0 Å². The van der Waals surface area contributed by atoms with E-state index in [1.165, 1.54) is 5.56 Å². The summed E-state index contributed by atoms with van der Waals surface area (Å²) in [5.41, 5.74) is 3.48. The molecule has 2 aromatic carbocycles. The molecule has 0 saturated heterocycles. The molecule has 0 bridgehead atoms. The maximum absolute atomic E-state index is 12.3. The number of carbonyl (C=O) groups is 1. The summed E-state index contributed by atoms with van der Waals surface area (Å²) < 4.78 is 2.23. The van der Waals surface area contributed by atoms with E-state index in [2.05, 4.69) is 33.1 Å². The molecule has 0 spiro atoms. The Kier molecular flexibility index (Phi) is 4.26. The second-order valence-corrected chi connectivity index (χ2v) is 6.80. The summed E-state index contributed by atoms with van der Waals surface area (Å²) in [5.74, 6) is 1.78. The van der Waals surface area contributed by atoms with Gasteiger partial charge in [-0.2, -0.15) is 0 Å². The molecule has 2 atom stereocenters. The molecular formula is C21H23N3O. The second-order valence-electron chi connectivity index (χ2n) is 6.80. The van der Waals surface area contributed by atoms with Crippen LogP contribution in [0.2, 0.25) is 0 Å². The molecule has 0 aliphatic heterocycles. The predicted octanol–water partition coefficient (Wildman–Crippen LogP) is 3.65. The van der Waals surface area contributed by atoms with Crippen LogP contribution in [0, 0.1) is 12.8 Å². The Morgan fingerprint density at radius 1 is 1.16 bits per heavy atom. The van der Waals surface area contributed by atoms with E-state index in [0.29, 0.717) is 12.5 Å². The van der Waals surface area contributed by atoms with E-state index in [4.69, 9.17) is 0 Å². The Morgan fingerprint density at radius 3 is 2.76 bits per heavy atom. The average molecular weight is 333 g/mol. The highest BCUT2D eigenvalue weighted by Crippen LogP contribution is 2.47. The number of carbonyl (C=O) groups excluding carboxylic acids is 1. The fourth-order valence-corrected chi connectivity index (χ4v) is 3.61. The summed E-state index contributed by atoms with van der Waals surface area (Å²) in [6, 6.07) is 18.5. The predicted molar refractivity (Wildman–Crippen MR) is 99.4 cm³/mol. The number of aromatic nitrogens is 2. The highest BCUT2D eigenvalue weighted by atomic mass is 16.2. The van der Waals surface area contributed by atoms with Gasteiger partial charge in [-0.15, -0.1) is 0 Å². The van der Waals surface area contributed by atoms with Crippen molar-refractivity contribution in [1.82, 2.24) is 14.9 Å². The van der Waals surface area contributed by atoms with Crippen LogP contribution >= 0.6 is 0 Å². The number of fused-ring (bicyclic) bond motifs is 1. The van der Waals surface area contributed by atoms with Gasteiger partial charge in [0.05, 0.1) is 11.0 Å². The first-order valence-electron chi connectivity index (χ1n) is 8.98. The number of nitrogens with zero attached hydrogens (tertiary/aromatic N) is 2. The number of amides is 1. The van der Waals surface area contributed by atoms with Gasteiger partial charge >= 0.3 is 0 Å². The van der Waals surface area contributed by atoms with Crippen LogP contribution in [0.1, 0.15) is 30.1 Å². The van der Waals surface area contributed by atoms with Crippen LogP contribution in [-0.2, 0) is 11.3 Å². The standard InChI is InChI=1S/C21H23N3O/c1-15-23-19-10-5-6-11-20(19)24(15)13-7-12-22-21(25)18-14-17(18)16-8-3-2-4-9-16/h2-6,8-11,17-18H,7,12-14H2,1H3,(H,22,25). The number of benzene rings is 2. The largest absolute Gasteiger partial charge is 0.356 e. The van der Waals surface area contributed by atoms with Gasteiger partial charge in [-0.1, -0.05) is 42.5 Å². The molecule has 1 heterocycles. The fraction of sp³-hybridized carbons (Fsp3) is 0.333. The van der Waals surface area contributed by atoms with E-state index in [-0.39, 0.29) is 11.8 Å². The molecule has 1 N–H and O–H groups in total. The average Bonchev–Trinajstić information content (AvgIpc) is 3.38. The monoisotopic (exact) mass is 333 g/mol. The molecule has 2 unspecified atom stereocenters. The molecule has 1 saturated carbocycles. The van der Waals surface area contributed by atoms with Crippen molar-refractivity contribution in [1.29, 1.82) is 0 Å². The quantitative estimate of drug-likeness (QED) is 0.700. The molecule has 0 radical (unpaired) electrons. The van der Waals surface area contributed by atoms with Gasteiger partial charge in [0.2, 0.25) is 5.91 Å². The Labute approximate surface area is 147 Å². The number of hydrogen-bond donors (Lipinski definition) is 1. The third-order valence-electron chi connectivity index (χ3n) is 5.06. The summed E-state index contributed by atoms with van der Waals surface area (Å²) >= 11 is 0. The minimum atomic E-state index is 0.151. The Hall–Kier alpha value is -2.62. The number of hydrogen-bond acceptors (Lipinski definition) is 2. The Morgan fingerprint density at radius 2 is 1.92 bits per heavy atom. The molecule has 1 fully saturated rings. The van der Waals surface area contributed by atoms with Crippen molar-refractivity contribution < 1.29 is 4.79 Å². The van der Waals surface area contributed by atoms with Crippen molar-refractivity contribution in [2.24, 2.45) is 5.92 Å². The van der Waals surface area contributed by atoms with Gasteiger partial charge in [-0.05, 0) is 43.4 Å². The van der Waals surface area contributed by atoms with Crippen LogP contribution < -0.4 is 5.32 Å². The number of rotatable bonds is 6. The minimum Gasteiger partial charge on any atom is -0.356 e. The summed E-state index contributed by atoms with van der Waals surface area (Å²) in [4.78, 5) is 16.9. The first kappa shape index (κ1) is 15.9. The molecule has 4 nitrogen and oxygen atoms in total. The van der Waals surface area contributed by atoms with Crippen molar-refractivity contribution in [2.75, 3.05) is 6.54 Å². The number of para-hydroxylation sites is 2. The third-order valence-corrected chi connectivity index (χ3v) is 5.06. The minimum absolute atomic E-state index is 0.151. The molecule has 1 aliphatic carbocycles. The van der Waals surface area contributed by atoms with Crippen molar-refractivity contribution in [3.8, 4) is 0 Å². The van der Waals surface area contributed by atoms with Crippen LogP contribution in [0.3, 0.4) is 0 Å². The van der Waals surface area contributed by atoms with Gasteiger partial charge in [0.15, 0.2) is 0 Å². The second kappa shape index (κ2) is 6.71. The van der Waals surface area contributed by atoms with Crippen LogP contribution in [-0.4, -0.2) is 22.0 Å². The molecule has 1 amide bonds. The maximum Gasteiger partial charge on any atom is 0.223 e. The molecule has 128 valence electrons. The van der Waals surface area contributed by atoms with Crippen molar-refractivity contribution in [3.05, 3.63) is 66.0 Å². The molecule has 3 aromatic rings. The molecular weight excluding hydrogens is 310 g/mol. The third kappa shape index (κ3) is 3.29. The van der Waals surface area contributed by atoms with Crippen LogP contribution in [0.15, 0.2) is 54.6 Å². The van der Waals surface area contributed by atoms with Gasteiger partial charge in [0.25, 0.3) is 0 Å². The zero-order chi connectivity index (χ0) is 17.2. The van der Waals surface area contributed by atoms with Crippen LogP contribution in [0.4, 0.5) is 0 Å². The van der Waals surface area contributed by atoms with Crippen molar-refractivity contribution >= 4 is 16.9 Å². The summed E-state index contributed by atoms with van der Waals surface area (Å²) in [7, 11) is 0. The fourth-order valence-electron chi connectivity index (χ4n) is 3.61. The van der Waals surface area contributed by atoms with E-state index in [9.17, 15) is 4.79 Å². The summed E-state index contributed by atoms with van der Waals surface area (Å²) in [6.45, 7) is 3.62. The lowest BCUT2D eigenvalue weighted by Gasteiger charge is -2.08. The summed E-state index contributed by atoms with van der Waals surface area (Å²) in [5, 5.41) is 3.10. The van der Waals surface area contributed by atoms with Crippen LogP contribution in [0.25, 0.3) is 11.0 Å². The normalized spacial score (nSPS) is 19.1. The van der Waals surface area contributed by atoms with Gasteiger partial charge in [0.1, 0.15) is 5.82 Å². The van der Waals surface area contributed by atoms with E-state index in [1.54, 1.807) is 0 Å². The van der Waals surface area contributed by atoms with Gasteiger partial charge < -0.3 is 9.88 Å². The van der Waals surface area contributed by atoms with Crippen LogP contribution in [0.5, 0.6) is 0 Å². The van der Waals surface area contributed by atoms with Gasteiger partial charge in [-0.25, -0.2) is 4.98 Å². The maximum atomic E-state index is 12.3. The molecule has 1 aliphatic rings. The molecule has 4 heteroatoms. The molecule has 25 heavy (non-hydrogen) atoms. The Balaban J connectivity index is 1.27. The Bertz CT molecular complexity index is 885. The number of imidazole rings is 1. The zero-order valence-corrected chi connectivity index (χ0v) is 14.5. The lowest BCUT2D eigenvalue weighted by atomic mass is 10.1. The topological polar surface area (TPSA) is 46.9 Å². The van der Waals surface area contributed by atoms with Crippen molar-refractivity contribution in [2.45, 2.75) is 32.2 Å². The lowest BCUT2D eigenvalue weighted by molar-refractivity contribution is -0.122. The highest BCUT2D eigenvalue weighted by molar-refractivity contribution is 5.82. The molecule has 1 aromatic heterocycles. The van der Waals surface area contributed by atoms with E-state index in [0.717, 1.165) is 36.2 Å². The summed E-state index contributed by atoms with van der Waals surface area (Å²) in [6.07, 6.45) is 1.89. The smallest absolute Gasteiger partial charge is 0.223 e. The van der Waals surface area contributed by atoms with Gasteiger partial charge in [0, 0.05) is 19.0 Å². The first-order valence-corrected chi connectivity index (χ1v) is 8.98. The SMILES string of the molecule is Cc1nc2ccccc2n1CCCNC(=O)C1CC1c1ccccc1. The van der Waals surface area contributed by atoms with Crippen molar-refractivity contribution in [3.63, 3.8) is 0 Å². The highest BCUT2D eigenvalue weighted by Gasteiger charge is 2.43. The first-order chi connectivity index (χ1) is 12.2.